The maximum Gasteiger partial charge on any atom is 0.271 e. The molecule has 0 heterocycles. The number of amides is 1. The van der Waals surface area contributed by atoms with Crippen molar-refractivity contribution in [3.8, 4) is 0 Å². The topological polar surface area (TPSA) is 54.5 Å². The van der Waals surface area contributed by atoms with Gasteiger partial charge in [0.25, 0.3) is 15.9 Å². The molecule has 0 saturated carbocycles. The molecule has 1 amide bonds. The van der Waals surface area contributed by atoms with Crippen molar-refractivity contribution in [2.75, 3.05) is 4.31 Å². The van der Waals surface area contributed by atoms with E-state index in [2.05, 4.69) is 0 Å². The van der Waals surface area contributed by atoms with Crippen LogP contribution in [0, 0.1) is 13.8 Å². The lowest BCUT2D eigenvalue weighted by Crippen LogP contribution is -2.35. The fourth-order valence-corrected chi connectivity index (χ4v) is 4.31. The summed E-state index contributed by atoms with van der Waals surface area (Å²) in [7, 11) is -4.09. The van der Waals surface area contributed by atoms with E-state index in [1.807, 2.05) is 13.8 Å². The van der Waals surface area contributed by atoms with Gasteiger partial charge < -0.3 is 0 Å². The molecule has 0 aliphatic carbocycles. The number of hydrogen-bond acceptors (Lipinski definition) is 3. The highest BCUT2D eigenvalue weighted by Crippen LogP contribution is 2.25. The summed E-state index contributed by atoms with van der Waals surface area (Å²) in [6.45, 7) is 3.76. The van der Waals surface area contributed by atoms with E-state index in [0.29, 0.717) is 10.6 Å². The Kier molecular flexibility index (Phi) is 6.20. The third-order valence-corrected chi connectivity index (χ3v) is 6.27. The SMILES string of the molecule is Cc1ccc(N(C(=O)/C=C/c2cccc(Cl)c2)S(=O)(=O)c2ccc(C)cc2)cc1. The van der Waals surface area contributed by atoms with Crippen LogP contribution in [0.3, 0.4) is 0 Å². The molecule has 0 atom stereocenters. The maximum atomic E-state index is 13.3. The fraction of sp³-hybridized carbons (Fsp3) is 0.0870. The molecule has 6 heteroatoms. The third kappa shape index (κ3) is 4.94. The smallest absolute Gasteiger partial charge is 0.268 e. The first-order valence-electron chi connectivity index (χ1n) is 8.94. The van der Waals surface area contributed by atoms with Crippen molar-refractivity contribution in [3.63, 3.8) is 0 Å². The van der Waals surface area contributed by atoms with Gasteiger partial charge in [-0.25, -0.2) is 8.42 Å². The Balaban J connectivity index is 2.04. The molecule has 0 bridgehead atoms. The van der Waals surface area contributed by atoms with E-state index >= 15 is 0 Å². The number of anilines is 1. The van der Waals surface area contributed by atoms with Crippen LogP contribution in [0.15, 0.2) is 83.8 Å². The molecule has 0 aliphatic rings. The predicted molar refractivity (Wildman–Crippen MR) is 118 cm³/mol. The molecule has 3 rings (SSSR count). The molecule has 0 aromatic heterocycles. The number of nitrogens with zero attached hydrogens (tertiary/aromatic N) is 1. The van der Waals surface area contributed by atoms with E-state index < -0.39 is 15.9 Å². The van der Waals surface area contributed by atoms with E-state index in [-0.39, 0.29) is 10.6 Å². The molecular formula is C23H20ClNO3S. The Morgan fingerprint density at radius 2 is 1.48 bits per heavy atom. The number of carbonyl (C=O) groups is 1. The second-order valence-electron chi connectivity index (χ2n) is 6.64. The minimum absolute atomic E-state index is 0.0492. The average Bonchev–Trinajstić information content (AvgIpc) is 2.68. The summed E-state index contributed by atoms with van der Waals surface area (Å²) < 4.78 is 27.4. The van der Waals surface area contributed by atoms with Crippen molar-refractivity contribution in [2.24, 2.45) is 0 Å². The number of aryl methyl sites for hydroxylation is 2. The number of benzene rings is 3. The normalized spacial score (nSPS) is 11.6. The van der Waals surface area contributed by atoms with Crippen LogP contribution in [0.1, 0.15) is 16.7 Å². The van der Waals surface area contributed by atoms with Crippen molar-refractivity contribution in [1.29, 1.82) is 0 Å². The summed E-state index contributed by atoms with van der Waals surface area (Å²) >= 11 is 5.97. The van der Waals surface area contributed by atoms with Crippen LogP contribution in [0.25, 0.3) is 6.08 Å². The largest absolute Gasteiger partial charge is 0.271 e. The summed E-state index contributed by atoms with van der Waals surface area (Å²) in [5.41, 5.74) is 2.86. The highest BCUT2D eigenvalue weighted by Gasteiger charge is 2.29. The van der Waals surface area contributed by atoms with Gasteiger partial charge in [-0.05, 0) is 61.9 Å². The van der Waals surface area contributed by atoms with E-state index in [4.69, 9.17) is 11.6 Å². The van der Waals surface area contributed by atoms with Crippen molar-refractivity contribution >= 4 is 39.3 Å². The van der Waals surface area contributed by atoms with Crippen LogP contribution in [0.2, 0.25) is 5.02 Å². The second-order valence-corrected chi connectivity index (χ2v) is 8.87. The average molecular weight is 426 g/mol. The van der Waals surface area contributed by atoms with Crippen molar-refractivity contribution in [2.45, 2.75) is 18.7 Å². The molecule has 3 aromatic carbocycles. The Labute approximate surface area is 176 Å². The lowest BCUT2D eigenvalue weighted by molar-refractivity contribution is -0.113. The summed E-state index contributed by atoms with van der Waals surface area (Å²) in [5.74, 6) is -0.672. The maximum absolute atomic E-state index is 13.3. The standard InChI is InChI=1S/C23H20ClNO3S/c1-17-6-11-21(12-7-17)25(29(27,28)22-13-8-18(2)9-14-22)23(26)15-10-19-4-3-5-20(24)16-19/h3-16H,1-2H3/b15-10+. The van der Waals surface area contributed by atoms with Gasteiger partial charge in [0.1, 0.15) is 0 Å². The Morgan fingerprint density at radius 1 is 0.897 bits per heavy atom. The van der Waals surface area contributed by atoms with E-state index in [1.165, 1.54) is 18.2 Å². The molecule has 0 radical (unpaired) electrons. The first-order chi connectivity index (χ1) is 13.8. The van der Waals surface area contributed by atoms with Gasteiger partial charge in [-0.15, -0.1) is 0 Å². The van der Waals surface area contributed by atoms with Crippen LogP contribution >= 0.6 is 11.6 Å². The molecule has 0 fully saturated rings. The molecule has 148 valence electrons. The zero-order valence-corrected chi connectivity index (χ0v) is 17.6. The molecular weight excluding hydrogens is 406 g/mol. The van der Waals surface area contributed by atoms with Gasteiger partial charge in [0.15, 0.2) is 0 Å². The van der Waals surface area contributed by atoms with E-state index in [1.54, 1.807) is 66.7 Å². The first-order valence-corrected chi connectivity index (χ1v) is 10.8. The van der Waals surface area contributed by atoms with E-state index in [0.717, 1.165) is 15.4 Å². The van der Waals surface area contributed by atoms with Crippen molar-refractivity contribution in [1.82, 2.24) is 0 Å². The third-order valence-electron chi connectivity index (χ3n) is 4.29. The predicted octanol–water partition coefficient (Wildman–Crippen LogP) is 5.39. The summed E-state index contributed by atoms with van der Waals surface area (Å²) in [6.07, 6.45) is 2.78. The Bertz CT molecular complexity index is 1150. The molecule has 4 nitrogen and oxygen atoms in total. The summed E-state index contributed by atoms with van der Waals surface area (Å²) in [4.78, 5) is 13.0. The lowest BCUT2D eigenvalue weighted by atomic mass is 10.2. The van der Waals surface area contributed by atoms with Gasteiger partial charge in [0.05, 0.1) is 10.6 Å². The van der Waals surface area contributed by atoms with Gasteiger partial charge in [-0.2, -0.15) is 4.31 Å². The minimum atomic E-state index is -4.09. The highest BCUT2D eigenvalue weighted by molar-refractivity contribution is 7.93. The number of carbonyl (C=O) groups excluding carboxylic acids is 1. The number of halogens is 1. The fourth-order valence-electron chi connectivity index (χ4n) is 2.73. The number of rotatable bonds is 5. The van der Waals surface area contributed by atoms with Gasteiger partial charge in [0, 0.05) is 11.1 Å². The molecule has 0 spiro atoms. The van der Waals surface area contributed by atoms with Gasteiger partial charge in [0.2, 0.25) is 0 Å². The molecule has 0 aliphatic heterocycles. The lowest BCUT2D eigenvalue weighted by Gasteiger charge is -2.21. The monoisotopic (exact) mass is 425 g/mol. The van der Waals surface area contributed by atoms with Crippen LogP contribution in [0.4, 0.5) is 5.69 Å². The Hall–Kier alpha value is -2.89. The van der Waals surface area contributed by atoms with Crippen LogP contribution in [-0.2, 0) is 14.8 Å². The molecule has 29 heavy (non-hydrogen) atoms. The molecule has 0 N–H and O–H groups in total. The molecule has 0 saturated heterocycles. The van der Waals surface area contributed by atoms with E-state index in [9.17, 15) is 13.2 Å². The zero-order chi connectivity index (χ0) is 21.0. The highest BCUT2D eigenvalue weighted by atomic mass is 35.5. The number of sulfonamides is 1. The minimum Gasteiger partial charge on any atom is -0.268 e. The first kappa shape index (κ1) is 20.8. The molecule has 3 aromatic rings. The van der Waals surface area contributed by atoms with Crippen molar-refractivity contribution in [3.05, 3.63) is 101 Å². The van der Waals surface area contributed by atoms with Gasteiger partial charge >= 0.3 is 0 Å². The van der Waals surface area contributed by atoms with Crippen molar-refractivity contribution < 1.29 is 13.2 Å². The molecule has 0 unspecified atom stereocenters. The summed E-state index contributed by atoms with van der Waals surface area (Å²) in [5, 5.41) is 0.530. The van der Waals surface area contributed by atoms with Crippen LogP contribution < -0.4 is 4.31 Å². The van der Waals surface area contributed by atoms with Gasteiger partial charge in [-0.1, -0.05) is 59.1 Å². The van der Waals surface area contributed by atoms with Crippen LogP contribution in [-0.4, -0.2) is 14.3 Å². The van der Waals surface area contributed by atoms with Crippen LogP contribution in [0.5, 0.6) is 0 Å². The number of hydrogen-bond donors (Lipinski definition) is 0. The Morgan fingerprint density at radius 3 is 2.07 bits per heavy atom. The van der Waals surface area contributed by atoms with Gasteiger partial charge in [-0.3, -0.25) is 4.79 Å². The summed E-state index contributed by atoms with van der Waals surface area (Å²) in [6, 6.07) is 20.1. The second kappa shape index (κ2) is 8.64. The zero-order valence-electron chi connectivity index (χ0n) is 16.0. The quantitative estimate of drug-likeness (QED) is 0.515.